The summed E-state index contributed by atoms with van der Waals surface area (Å²) in [4.78, 5) is 20.4. The van der Waals surface area contributed by atoms with Gasteiger partial charge in [-0.3, -0.25) is 9.36 Å². The van der Waals surface area contributed by atoms with Crippen LogP contribution in [0.4, 0.5) is 0 Å². The number of imidazole rings is 1. The maximum Gasteiger partial charge on any atom is 0.238 e. The molecule has 0 aromatic carbocycles. The van der Waals surface area contributed by atoms with E-state index in [9.17, 15) is 4.79 Å². The van der Waals surface area contributed by atoms with Crippen LogP contribution in [0.1, 0.15) is 28.2 Å². The maximum absolute atomic E-state index is 12.0. The minimum Gasteiger partial charge on any atom is -0.274 e. The van der Waals surface area contributed by atoms with Gasteiger partial charge in [-0.1, -0.05) is 6.92 Å². The number of aryl methyl sites for hydroxylation is 2. The molecule has 0 radical (unpaired) electrons. The Labute approximate surface area is 98.0 Å². The number of rotatable bonds is 3. The highest BCUT2D eigenvalue weighted by Crippen LogP contribution is 2.10. The summed E-state index contributed by atoms with van der Waals surface area (Å²) in [5, 5.41) is 2.92. The fourth-order valence-corrected chi connectivity index (χ4v) is 2.17. The van der Waals surface area contributed by atoms with Crippen LogP contribution >= 0.6 is 11.3 Å². The predicted molar refractivity (Wildman–Crippen MR) is 62.8 cm³/mol. The van der Waals surface area contributed by atoms with Crippen molar-refractivity contribution in [3.8, 4) is 0 Å². The molecule has 0 saturated carbocycles. The van der Waals surface area contributed by atoms with Crippen molar-refractivity contribution >= 4 is 17.2 Å². The molecule has 2 aromatic heterocycles. The van der Waals surface area contributed by atoms with Crippen LogP contribution in [0.15, 0.2) is 17.8 Å². The second-order valence-corrected chi connectivity index (χ2v) is 4.56. The minimum absolute atomic E-state index is 0.0275. The first-order valence-corrected chi connectivity index (χ1v) is 6.05. The van der Waals surface area contributed by atoms with Crippen molar-refractivity contribution in [1.29, 1.82) is 0 Å². The molecule has 2 heterocycles. The molecule has 2 aromatic rings. The molecule has 84 valence electrons. The number of hydrogen-bond acceptors (Lipinski definition) is 4. The van der Waals surface area contributed by atoms with Gasteiger partial charge in [-0.25, -0.2) is 9.97 Å². The van der Waals surface area contributed by atoms with E-state index >= 15 is 0 Å². The Morgan fingerprint density at radius 2 is 2.38 bits per heavy atom. The van der Waals surface area contributed by atoms with Gasteiger partial charge in [-0.05, 0) is 6.92 Å². The SMILES string of the molecule is CCc1nccn1C(=O)Cc1csc(C)n1. The zero-order valence-corrected chi connectivity index (χ0v) is 10.1. The molecule has 0 N–H and O–H groups in total. The van der Waals surface area contributed by atoms with E-state index < -0.39 is 0 Å². The van der Waals surface area contributed by atoms with E-state index in [2.05, 4.69) is 9.97 Å². The van der Waals surface area contributed by atoms with Gasteiger partial charge in [0.25, 0.3) is 0 Å². The van der Waals surface area contributed by atoms with Crippen molar-refractivity contribution < 1.29 is 4.79 Å². The highest BCUT2D eigenvalue weighted by atomic mass is 32.1. The van der Waals surface area contributed by atoms with E-state index in [-0.39, 0.29) is 5.91 Å². The molecular weight excluding hydrogens is 222 g/mol. The van der Waals surface area contributed by atoms with Gasteiger partial charge in [0.2, 0.25) is 5.91 Å². The van der Waals surface area contributed by atoms with Crippen LogP contribution in [-0.4, -0.2) is 20.4 Å². The normalized spacial score (nSPS) is 10.6. The summed E-state index contributed by atoms with van der Waals surface area (Å²) in [7, 11) is 0. The Hall–Kier alpha value is -1.49. The molecule has 0 aliphatic heterocycles. The van der Waals surface area contributed by atoms with Gasteiger partial charge in [-0.2, -0.15) is 0 Å². The number of nitrogens with zero attached hydrogens (tertiary/aromatic N) is 3. The van der Waals surface area contributed by atoms with E-state index in [1.165, 1.54) is 0 Å². The first-order chi connectivity index (χ1) is 7.70. The van der Waals surface area contributed by atoms with Gasteiger partial charge in [0.15, 0.2) is 0 Å². The molecule has 5 heteroatoms. The first-order valence-electron chi connectivity index (χ1n) is 5.17. The van der Waals surface area contributed by atoms with Crippen molar-refractivity contribution in [2.45, 2.75) is 26.7 Å². The molecule has 0 spiro atoms. The smallest absolute Gasteiger partial charge is 0.238 e. The molecule has 0 fully saturated rings. The zero-order valence-electron chi connectivity index (χ0n) is 9.30. The van der Waals surface area contributed by atoms with E-state index in [4.69, 9.17) is 0 Å². The van der Waals surface area contributed by atoms with Crippen molar-refractivity contribution in [2.75, 3.05) is 0 Å². The molecule has 0 atom stereocenters. The molecule has 16 heavy (non-hydrogen) atoms. The third-order valence-electron chi connectivity index (χ3n) is 2.30. The van der Waals surface area contributed by atoms with Crippen molar-refractivity contribution in [3.05, 3.63) is 34.3 Å². The molecule has 0 unspecified atom stereocenters. The topological polar surface area (TPSA) is 47.8 Å². The average Bonchev–Trinajstić information content (AvgIpc) is 2.86. The number of aromatic nitrogens is 3. The van der Waals surface area contributed by atoms with Crippen molar-refractivity contribution in [3.63, 3.8) is 0 Å². The number of carbonyl (C=O) groups is 1. The van der Waals surface area contributed by atoms with Gasteiger partial charge < -0.3 is 0 Å². The van der Waals surface area contributed by atoms with Crippen molar-refractivity contribution in [2.24, 2.45) is 0 Å². The lowest BCUT2D eigenvalue weighted by Gasteiger charge is -2.02. The summed E-state index contributed by atoms with van der Waals surface area (Å²) in [6.07, 6.45) is 4.46. The Morgan fingerprint density at radius 1 is 1.56 bits per heavy atom. The quantitative estimate of drug-likeness (QED) is 0.818. The standard InChI is InChI=1S/C11H13N3OS/c1-3-10-12-4-5-14(10)11(15)6-9-7-16-8(2)13-9/h4-5,7H,3,6H2,1-2H3. The third-order valence-corrected chi connectivity index (χ3v) is 3.12. The minimum atomic E-state index is 0.0275. The molecule has 2 rings (SSSR count). The second kappa shape index (κ2) is 4.57. The molecule has 0 aliphatic rings. The van der Waals surface area contributed by atoms with Gasteiger partial charge in [0.1, 0.15) is 5.82 Å². The van der Waals surface area contributed by atoms with Crippen LogP contribution in [0, 0.1) is 6.92 Å². The van der Waals surface area contributed by atoms with Crippen LogP contribution in [0.5, 0.6) is 0 Å². The molecule has 0 amide bonds. The Bertz CT molecular complexity index is 501. The van der Waals surface area contributed by atoms with Crippen LogP contribution in [0.2, 0.25) is 0 Å². The molecular formula is C11H13N3OS. The summed E-state index contributed by atoms with van der Waals surface area (Å²) in [5.74, 6) is 0.830. The first kappa shape index (κ1) is 11.0. The summed E-state index contributed by atoms with van der Waals surface area (Å²) in [6.45, 7) is 3.92. The molecule has 0 aliphatic carbocycles. The summed E-state index contributed by atoms with van der Waals surface area (Å²) in [6, 6.07) is 0. The molecule has 4 nitrogen and oxygen atoms in total. The number of thiazole rings is 1. The Kier molecular flexibility index (Phi) is 3.14. The van der Waals surface area contributed by atoms with Crippen molar-refractivity contribution in [1.82, 2.24) is 14.5 Å². The average molecular weight is 235 g/mol. The van der Waals surface area contributed by atoms with Gasteiger partial charge in [0.05, 0.1) is 17.1 Å². The second-order valence-electron chi connectivity index (χ2n) is 3.50. The predicted octanol–water partition coefficient (Wildman–Crippen LogP) is 2.09. The fourth-order valence-electron chi connectivity index (χ4n) is 1.55. The summed E-state index contributed by atoms with van der Waals surface area (Å²) >= 11 is 1.57. The lowest BCUT2D eigenvalue weighted by atomic mass is 10.3. The summed E-state index contributed by atoms with van der Waals surface area (Å²) in [5.41, 5.74) is 0.836. The monoisotopic (exact) mass is 235 g/mol. The number of carbonyl (C=O) groups excluding carboxylic acids is 1. The highest BCUT2D eigenvalue weighted by molar-refractivity contribution is 7.09. The van der Waals surface area contributed by atoms with Crippen LogP contribution < -0.4 is 0 Å². The largest absolute Gasteiger partial charge is 0.274 e. The lowest BCUT2D eigenvalue weighted by molar-refractivity contribution is 0.0910. The third kappa shape index (κ3) is 2.19. The maximum atomic E-state index is 12.0. The van der Waals surface area contributed by atoms with Crippen LogP contribution in [-0.2, 0) is 12.8 Å². The van der Waals surface area contributed by atoms with E-state index in [1.54, 1.807) is 28.3 Å². The zero-order chi connectivity index (χ0) is 11.5. The van der Waals surface area contributed by atoms with Gasteiger partial charge >= 0.3 is 0 Å². The highest BCUT2D eigenvalue weighted by Gasteiger charge is 2.11. The molecule has 0 bridgehead atoms. The fraction of sp³-hybridized carbons (Fsp3) is 0.364. The van der Waals surface area contributed by atoms with Gasteiger partial charge in [-0.15, -0.1) is 11.3 Å². The van der Waals surface area contributed by atoms with E-state index in [0.717, 1.165) is 22.9 Å². The Balaban J connectivity index is 2.14. The Morgan fingerprint density at radius 3 is 3.00 bits per heavy atom. The van der Waals surface area contributed by atoms with Crippen LogP contribution in [0.3, 0.4) is 0 Å². The van der Waals surface area contributed by atoms with Crippen LogP contribution in [0.25, 0.3) is 0 Å². The van der Waals surface area contributed by atoms with E-state index in [1.807, 2.05) is 19.2 Å². The number of hydrogen-bond donors (Lipinski definition) is 0. The van der Waals surface area contributed by atoms with Gasteiger partial charge in [0, 0.05) is 24.2 Å². The van der Waals surface area contributed by atoms with E-state index in [0.29, 0.717) is 6.42 Å². The lowest BCUT2D eigenvalue weighted by Crippen LogP contribution is -2.15. The summed E-state index contributed by atoms with van der Waals surface area (Å²) < 4.78 is 1.61. The molecule has 0 saturated heterocycles.